The van der Waals surface area contributed by atoms with E-state index in [4.69, 9.17) is 8.83 Å². The van der Waals surface area contributed by atoms with Gasteiger partial charge in [0.25, 0.3) is 0 Å². The van der Waals surface area contributed by atoms with E-state index >= 15 is 0 Å². The van der Waals surface area contributed by atoms with Crippen molar-refractivity contribution in [2.75, 3.05) is 4.90 Å². The first-order chi connectivity index (χ1) is 28.7. The number of aromatic nitrogens is 1. The van der Waals surface area contributed by atoms with Crippen molar-refractivity contribution < 1.29 is 8.83 Å². The van der Waals surface area contributed by atoms with Crippen LogP contribution in [0.2, 0.25) is 0 Å². The Morgan fingerprint density at radius 3 is 1.55 bits per heavy atom. The minimum Gasteiger partial charge on any atom is -0.456 e. The highest BCUT2D eigenvalue weighted by Crippen LogP contribution is 2.42. The predicted octanol–water partition coefficient (Wildman–Crippen LogP) is 15.4. The Hall–Kier alpha value is -7.82. The van der Waals surface area contributed by atoms with Crippen LogP contribution >= 0.6 is 0 Å². The zero-order valence-electron chi connectivity index (χ0n) is 31.3. The van der Waals surface area contributed by atoms with E-state index in [0.717, 1.165) is 77.8 Å². The maximum Gasteiger partial charge on any atom is 0.137 e. The summed E-state index contributed by atoms with van der Waals surface area (Å²) < 4.78 is 15.2. The highest BCUT2D eigenvalue weighted by Gasteiger charge is 2.19. The zero-order valence-corrected chi connectivity index (χ0v) is 31.3. The normalized spacial score (nSPS) is 11.8. The van der Waals surface area contributed by atoms with Gasteiger partial charge >= 0.3 is 0 Å². The SMILES string of the molecule is c1ccc(-c2cccc3c4ccccc4n(-c4cccc(-c5ccc(N(c6ccc7c(c6)oc6ccccc67)c6ccc7c(c6)oc6ccccc67)cc5)c4)c23)cc1. The molecule has 9 aromatic carbocycles. The predicted molar refractivity (Wildman–Crippen MR) is 241 cm³/mol. The molecule has 0 aliphatic heterocycles. The van der Waals surface area contributed by atoms with Gasteiger partial charge in [-0.25, -0.2) is 0 Å². The fourth-order valence-corrected chi connectivity index (χ4v) is 8.92. The molecule has 4 nitrogen and oxygen atoms in total. The molecule has 3 heterocycles. The van der Waals surface area contributed by atoms with E-state index in [1.807, 2.05) is 24.3 Å². The molecule has 272 valence electrons. The molecule has 12 rings (SSSR count). The first-order valence-electron chi connectivity index (χ1n) is 19.7. The summed E-state index contributed by atoms with van der Waals surface area (Å²) in [5.74, 6) is 0. The monoisotopic (exact) mass is 742 g/mol. The number of nitrogens with zero attached hydrogens (tertiary/aromatic N) is 2. The Morgan fingerprint density at radius 1 is 0.328 bits per heavy atom. The molecule has 0 aliphatic carbocycles. The van der Waals surface area contributed by atoms with E-state index < -0.39 is 0 Å². The molecular weight excluding hydrogens is 709 g/mol. The van der Waals surface area contributed by atoms with Crippen LogP contribution in [0.5, 0.6) is 0 Å². The van der Waals surface area contributed by atoms with Crippen LogP contribution in [0.3, 0.4) is 0 Å². The number of hydrogen-bond acceptors (Lipinski definition) is 3. The second-order valence-corrected chi connectivity index (χ2v) is 14.9. The molecule has 0 aliphatic rings. The smallest absolute Gasteiger partial charge is 0.137 e. The molecular formula is C54H34N2O2. The Labute approximate surface area is 334 Å². The lowest BCUT2D eigenvalue weighted by Gasteiger charge is -2.25. The maximum atomic E-state index is 6.38. The lowest BCUT2D eigenvalue weighted by atomic mass is 10.0. The highest BCUT2D eigenvalue weighted by atomic mass is 16.3. The molecule has 0 spiro atoms. The van der Waals surface area contributed by atoms with Gasteiger partial charge in [0.2, 0.25) is 0 Å². The molecule has 0 unspecified atom stereocenters. The molecule has 0 atom stereocenters. The van der Waals surface area contributed by atoms with Crippen molar-refractivity contribution in [1.29, 1.82) is 0 Å². The summed E-state index contributed by atoms with van der Waals surface area (Å²) in [5, 5.41) is 6.91. The lowest BCUT2D eigenvalue weighted by molar-refractivity contribution is 0.669. The summed E-state index contributed by atoms with van der Waals surface area (Å²) in [6, 6.07) is 73.3. The minimum absolute atomic E-state index is 0.849. The van der Waals surface area contributed by atoms with Gasteiger partial charge in [-0.05, 0) is 83.4 Å². The molecule has 0 N–H and O–H groups in total. The number of rotatable bonds is 6. The number of benzene rings is 9. The number of furan rings is 2. The molecule has 4 heteroatoms. The van der Waals surface area contributed by atoms with Crippen molar-refractivity contribution >= 4 is 82.7 Å². The largest absolute Gasteiger partial charge is 0.456 e. The molecule has 0 saturated carbocycles. The zero-order chi connectivity index (χ0) is 38.2. The van der Waals surface area contributed by atoms with Crippen LogP contribution < -0.4 is 4.90 Å². The molecule has 12 aromatic rings. The lowest BCUT2D eigenvalue weighted by Crippen LogP contribution is -2.09. The Bertz CT molecular complexity index is 3400. The minimum atomic E-state index is 0.849. The van der Waals surface area contributed by atoms with Gasteiger partial charge in [-0.2, -0.15) is 0 Å². The van der Waals surface area contributed by atoms with Gasteiger partial charge in [-0.15, -0.1) is 0 Å². The summed E-state index contributed by atoms with van der Waals surface area (Å²) in [7, 11) is 0. The number of para-hydroxylation sites is 4. The van der Waals surface area contributed by atoms with E-state index in [2.05, 4.69) is 191 Å². The Balaban J connectivity index is 0.984. The number of fused-ring (bicyclic) bond motifs is 9. The summed E-state index contributed by atoms with van der Waals surface area (Å²) in [4.78, 5) is 2.28. The first kappa shape index (κ1) is 32.4. The van der Waals surface area contributed by atoms with Crippen molar-refractivity contribution in [3.05, 3.63) is 206 Å². The highest BCUT2D eigenvalue weighted by molar-refractivity contribution is 6.14. The van der Waals surface area contributed by atoms with Crippen molar-refractivity contribution in [3.63, 3.8) is 0 Å². The third-order valence-electron chi connectivity index (χ3n) is 11.6. The Kier molecular flexibility index (Phi) is 7.20. The van der Waals surface area contributed by atoms with Gasteiger partial charge in [-0.1, -0.05) is 127 Å². The van der Waals surface area contributed by atoms with Gasteiger partial charge in [0.15, 0.2) is 0 Å². The second kappa shape index (κ2) is 12.9. The molecule has 0 bridgehead atoms. The average Bonchev–Trinajstić information content (AvgIpc) is 3.96. The number of hydrogen-bond donors (Lipinski definition) is 0. The third kappa shape index (κ3) is 5.09. The average molecular weight is 743 g/mol. The van der Waals surface area contributed by atoms with Gasteiger partial charge in [0.05, 0.1) is 11.0 Å². The third-order valence-corrected chi connectivity index (χ3v) is 11.6. The van der Waals surface area contributed by atoms with Crippen LogP contribution in [0.15, 0.2) is 215 Å². The maximum absolute atomic E-state index is 6.38. The summed E-state index contributed by atoms with van der Waals surface area (Å²) in [6.45, 7) is 0. The van der Waals surface area contributed by atoms with Crippen LogP contribution in [0.4, 0.5) is 17.1 Å². The second-order valence-electron chi connectivity index (χ2n) is 14.9. The van der Waals surface area contributed by atoms with Crippen LogP contribution in [0.25, 0.3) is 93.6 Å². The van der Waals surface area contributed by atoms with E-state index in [1.54, 1.807) is 0 Å². The van der Waals surface area contributed by atoms with E-state index in [0.29, 0.717) is 0 Å². The van der Waals surface area contributed by atoms with Crippen LogP contribution in [-0.4, -0.2) is 4.57 Å². The molecule has 3 aromatic heterocycles. The summed E-state index contributed by atoms with van der Waals surface area (Å²) in [6.07, 6.45) is 0. The van der Waals surface area contributed by atoms with Gasteiger partial charge in [0, 0.05) is 72.8 Å². The van der Waals surface area contributed by atoms with Crippen molar-refractivity contribution in [2.45, 2.75) is 0 Å². The van der Waals surface area contributed by atoms with Crippen molar-refractivity contribution in [1.82, 2.24) is 4.57 Å². The van der Waals surface area contributed by atoms with Crippen LogP contribution in [0, 0.1) is 0 Å². The fourth-order valence-electron chi connectivity index (χ4n) is 8.92. The quantitative estimate of drug-likeness (QED) is 0.170. The van der Waals surface area contributed by atoms with Crippen LogP contribution in [0.1, 0.15) is 0 Å². The van der Waals surface area contributed by atoms with Crippen molar-refractivity contribution in [2.24, 2.45) is 0 Å². The number of anilines is 3. The van der Waals surface area contributed by atoms with Gasteiger partial charge in [0.1, 0.15) is 22.3 Å². The standard InChI is InChI=1S/C54H34N2O2/c1-2-12-36(13-3-1)42-19-11-20-48-43-16-4-7-21-49(43)56(54(42)48)39-15-10-14-37(32-39)35-24-26-38(27-25-35)55(40-28-30-46-44-17-5-8-22-50(44)57-52(46)33-40)41-29-31-47-45-18-6-9-23-51(45)58-53(47)34-41/h1-34H. The van der Waals surface area contributed by atoms with Crippen LogP contribution in [-0.2, 0) is 0 Å². The first-order valence-corrected chi connectivity index (χ1v) is 19.7. The molecule has 58 heavy (non-hydrogen) atoms. The molecule has 0 radical (unpaired) electrons. The Morgan fingerprint density at radius 2 is 0.862 bits per heavy atom. The van der Waals surface area contributed by atoms with Crippen molar-refractivity contribution in [3.8, 4) is 27.9 Å². The van der Waals surface area contributed by atoms with E-state index in [9.17, 15) is 0 Å². The molecule has 0 saturated heterocycles. The molecule has 0 amide bonds. The molecule has 0 fully saturated rings. The van der Waals surface area contributed by atoms with E-state index in [1.165, 1.54) is 32.9 Å². The van der Waals surface area contributed by atoms with Gasteiger partial charge < -0.3 is 18.3 Å². The fraction of sp³-hybridized carbons (Fsp3) is 0. The van der Waals surface area contributed by atoms with Gasteiger partial charge in [-0.3, -0.25) is 0 Å². The topological polar surface area (TPSA) is 34.5 Å². The van der Waals surface area contributed by atoms with E-state index in [-0.39, 0.29) is 0 Å². The summed E-state index contributed by atoms with van der Waals surface area (Å²) in [5.41, 5.74) is 14.7. The summed E-state index contributed by atoms with van der Waals surface area (Å²) >= 11 is 0.